The van der Waals surface area contributed by atoms with Crippen molar-refractivity contribution in [2.24, 2.45) is 0 Å². The molecule has 2 N–H and O–H groups in total. The fraction of sp³-hybridized carbons (Fsp3) is 0.188. The van der Waals surface area contributed by atoms with E-state index in [-0.39, 0.29) is 6.03 Å². The number of carbonyl (C=O) groups is 1. The first-order valence-electron chi connectivity index (χ1n) is 6.31. The Kier molecular flexibility index (Phi) is 4.18. The zero-order valence-corrected chi connectivity index (χ0v) is 11.2. The van der Waals surface area contributed by atoms with Gasteiger partial charge in [-0.3, -0.25) is 0 Å². The van der Waals surface area contributed by atoms with Crippen molar-refractivity contribution in [3.05, 3.63) is 65.2 Å². The van der Waals surface area contributed by atoms with Gasteiger partial charge in [0.2, 0.25) is 0 Å². The number of para-hydroxylation sites is 1. The smallest absolute Gasteiger partial charge is 0.319 e. The van der Waals surface area contributed by atoms with E-state index in [2.05, 4.69) is 10.6 Å². The van der Waals surface area contributed by atoms with E-state index in [9.17, 15) is 4.79 Å². The maximum absolute atomic E-state index is 11.8. The molecule has 0 saturated heterocycles. The molecule has 0 bridgehead atoms. The van der Waals surface area contributed by atoms with Gasteiger partial charge in [-0.05, 0) is 31.0 Å². The number of aryl methyl sites for hydroxylation is 2. The van der Waals surface area contributed by atoms with Crippen molar-refractivity contribution in [2.75, 3.05) is 5.32 Å². The Morgan fingerprint density at radius 1 is 1.00 bits per heavy atom. The van der Waals surface area contributed by atoms with Crippen LogP contribution in [0.15, 0.2) is 48.5 Å². The molecule has 3 nitrogen and oxygen atoms in total. The van der Waals surface area contributed by atoms with Gasteiger partial charge in [0, 0.05) is 12.2 Å². The molecule has 19 heavy (non-hydrogen) atoms. The van der Waals surface area contributed by atoms with Gasteiger partial charge >= 0.3 is 6.03 Å². The lowest BCUT2D eigenvalue weighted by Crippen LogP contribution is -2.28. The van der Waals surface area contributed by atoms with Crippen LogP contribution >= 0.6 is 0 Å². The number of amides is 2. The van der Waals surface area contributed by atoms with E-state index in [4.69, 9.17) is 0 Å². The van der Waals surface area contributed by atoms with Gasteiger partial charge in [-0.25, -0.2) is 4.79 Å². The van der Waals surface area contributed by atoms with E-state index < -0.39 is 0 Å². The van der Waals surface area contributed by atoms with Crippen LogP contribution in [0.25, 0.3) is 0 Å². The van der Waals surface area contributed by atoms with Gasteiger partial charge in [-0.1, -0.05) is 48.0 Å². The molecule has 0 spiro atoms. The lowest BCUT2D eigenvalue weighted by molar-refractivity contribution is 0.251. The summed E-state index contributed by atoms with van der Waals surface area (Å²) < 4.78 is 0. The SMILES string of the molecule is Cc1ccc(CNC(=O)Nc2ccccc2C)cc1. The Balaban J connectivity index is 1.88. The lowest BCUT2D eigenvalue weighted by Gasteiger charge is -2.09. The maximum Gasteiger partial charge on any atom is 0.319 e. The highest BCUT2D eigenvalue weighted by atomic mass is 16.2. The number of carbonyl (C=O) groups excluding carboxylic acids is 1. The van der Waals surface area contributed by atoms with Gasteiger partial charge in [0.25, 0.3) is 0 Å². The van der Waals surface area contributed by atoms with E-state index in [1.807, 2.05) is 62.4 Å². The number of nitrogens with one attached hydrogen (secondary N) is 2. The molecule has 0 aliphatic heterocycles. The summed E-state index contributed by atoms with van der Waals surface area (Å²) in [5, 5.41) is 5.69. The van der Waals surface area contributed by atoms with Crippen LogP contribution in [0.2, 0.25) is 0 Å². The summed E-state index contributed by atoms with van der Waals surface area (Å²) in [6.45, 7) is 4.54. The van der Waals surface area contributed by atoms with Crippen molar-refractivity contribution in [1.82, 2.24) is 5.32 Å². The summed E-state index contributed by atoms with van der Waals surface area (Å²) in [6, 6.07) is 15.6. The average Bonchev–Trinajstić information content (AvgIpc) is 2.41. The fourth-order valence-electron chi connectivity index (χ4n) is 1.77. The maximum atomic E-state index is 11.8. The molecule has 0 radical (unpaired) electrons. The van der Waals surface area contributed by atoms with Crippen LogP contribution < -0.4 is 10.6 Å². The third-order valence-corrected chi connectivity index (χ3v) is 2.97. The molecule has 0 atom stereocenters. The molecule has 2 rings (SSSR count). The summed E-state index contributed by atoms with van der Waals surface area (Å²) in [5.41, 5.74) is 4.19. The molecule has 0 unspecified atom stereocenters. The zero-order valence-electron chi connectivity index (χ0n) is 11.2. The Labute approximate surface area is 113 Å². The van der Waals surface area contributed by atoms with Crippen LogP contribution in [0.3, 0.4) is 0 Å². The average molecular weight is 254 g/mol. The van der Waals surface area contributed by atoms with Gasteiger partial charge in [-0.15, -0.1) is 0 Å². The Bertz CT molecular complexity index is 561. The molecule has 0 aliphatic carbocycles. The largest absolute Gasteiger partial charge is 0.334 e. The summed E-state index contributed by atoms with van der Waals surface area (Å²) in [4.78, 5) is 11.8. The lowest BCUT2D eigenvalue weighted by atomic mass is 10.1. The number of rotatable bonds is 3. The van der Waals surface area contributed by atoms with Crippen LogP contribution in [-0.2, 0) is 6.54 Å². The van der Waals surface area contributed by atoms with Gasteiger partial charge in [0.05, 0.1) is 0 Å². The number of hydrogen-bond acceptors (Lipinski definition) is 1. The van der Waals surface area contributed by atoms with Crippen molar-refractivity contribution < 1.29 is 4.79 Å². The first-order valence-corrected chi connectivity index (χ1v) is 6.31. The normalized spacial score (nSPS) is 10.0. The van der Waals surface area contributed by atoms with E-state index in [0.29, 0.717) is 6.54 Å². The van der Waals surface area contributed by atoms with Crippen molar-refractivity contribution in [3.8, 4) is 0 Å². The predicted octanol–water partition coefficient (Wildman–Crippen LogP) is 3.63. The molecule has 3 heteroatoms. The second-order valence-corrected chi connectivity index (χ2v) is 4.61. The summed E-state index contributed by atoms with van der Waals surface area (Å²) in [6.07, 6.45) is 0. The first-order chi connectivity index (χ1) is 9.15. The third-order valence-electron chi connectivity index (χ3n) is 2.97. The predicted molar refractivity (Wildman–Crippen MR) is 78.2 cm³/mol. The minimum atomic E-state index is -0.185. The Morgan fingerprint density at radius 2 is 1.68 bits per heavy atom. The van der Waals surface area contributed by atoms with E-state index in [0.717, 1.165) is 16.8 Å². The molecular weight excluding hydrogens is 236 g/mol. The quantitative estimate of drug-likeness (QED) is 0.863. The summed E-state index contributed by atoms with van der Waals surface area (Å²) in [7, 11) is 0. The van der Waals surface area contributed by atoms with Crippen molar-refractivity contribution in [2.45, 2.75) is 20.4 Å². The topological polar surface area (TPSA) is 41.1 Å². The summed E-state index contributed by atoms with van der Waals surface area (Å²) >= 11 is 0. The fourth-order valence-corrected chi connectivity index (χ4v) is 1.77. The molecular formula is C16H18N2O. The second-order valence-electron chi connectivity index (χ2n) is 4.61. The van der Waals surface area contributed by atoms with Crippen molar-refractivity contribution >= 4 is 11.7 Å². The van der Waals surface area contributed by atoms with Crippen LogP contribution in [0, 0.1) is 13.8 Å². The highest BCUT2D eigenvalue weighted by Gasteiger charge is 2.03. The van der Waals surface area contributed by atoms with Crippen LogP contribution in [0.4, 0.5) is 10.5 Å². The summed E-state index contributed by atoms with van der Waals surface area (Å²) in [5.74, 6) is 0. The van der Waals surface area contributed by atoms with Crippen molar-refractivity contribution in [1.29, 1.82) is 0 Å². The van der Waals surface area contributed by atoms with E-state index >= 15 is 0 Å². The van der Waals surface area contributed by atoms with Crippen molar-refractivity contribution in [3.63, 3.8) is 0 Å². The first kappa shape index (κ1) is 13.1. The Morgan fingerprint density at radius 3 is 2.37 bits per heavy atom. The van der Waals surface area contributed by atoms with Gasteiger partial charge in [0.15, 0.2) is 0 Å². The van der Waals surface area contributed by atoms with Crippen LogP contribution in [0.1, 0.15) is 16.7 Å². The number of benzene rings is 2. The molecule has 2 amide bonds. The molecule has 2 aromatic carbocycles. The number of urea groups is 1. The monoisotopic (exact) mass is 254 g/mol. The molecule has 0 fully saturated rings. The molecule has 0 saturated carbocycles. The highest BCUT2D eigenvalue weighted by molar-refractivity contribution is 5.89. The molecule has 2 aromatic rings. The second kappa shape index (κ2) is 6.05. The van der Waals surface area contributed by atoms with Crippen LogP contribution in [0.5, 0.6) is 0 Å². The van der Waals surface area contributed by atoms with E-state index in [1.54, 1.807) is 0 Å². The molecule has 0 aromatic heterocycles. The van der Waals surface area contributed by atoms with Gasteiger partial charge in [-0.2, -0.15) is 0 Å². The third kappa shape index (κ3) is 3.85. The number of hydrogen-bond donors (Lipinski definition) is 2. The van der Waals surface area contributed by atoms with E-state index in [1.165, 1.54) is 5.56 Å². The zero-order chi connectivity index (χ0) is 13.7. The highest BCUT2D eigenvalue weighted by Crippen LogP contribution is 2.12. The standard InChI is InChI=1S/C16H18N2O/c1-12-7-9-14(10-8-12)11-17-16(19)18-15-6-4-3-5-13(15)2/h3-10H,11H2,1-2H3,(H2,17,18,19). The Hall–Kier alpha value is -2.29. The van der Waals surface area contributed by atoms with Gasteiger partial charge in [0.1, 0.15) is 0 Å². The van der Waals surface area contributed by atoms with Crippen LogP contribution in [-0.4, -0.2) is 6.03 Å². The molecule has 98 valence electrons. The minimum Gasteiger partial charge on any atom is -0.334 e. The number of anilines is 1. The molecule has 0 heterocycles. The minimum absolute atomic E-state index is 0.185. The van der Waals surface area contributed by atoms with Gasteiger partial charge < -0.3 is 10.6 Å². The molecule has 0 aliphatic rings.